The standard InChI is InChI=1S/C19H20N4O4S/c1-4-27-16-9-12(5-7-14(16)24)11-20-23-18(21-22-19(23)28)13-6-8-15(25-2)17(10-13)26-3/h5-11,24H,4H2,1-3H3,(H,22,28)/b20-11+. The molecule has 146 valence electrons. The molecule has 0 bridgehead atoms. The maximum atomic E-state index is 9.82. The van der Waals surface area contributed by atoms with Gasteiger partial charge in [-0.3, -0.25) is 0 Å². The number of rotatable bonds is 7. The van der Waals surface area contributed by atoms with Crippen LogP contribution in [0.5, 0.6) is 23.0 Å². The third-order valence-electron chi connectivity index (χ3n) is 3.90. The molecule has 9 heteroatoms. The monoisotopic (exact) mass is 400 g/mol. The van der Waals surface area contributed by atoms with Crippen molar-refractivity contribution in [1.82, 2.24) is 14.9 Å². The molecule has 0 spiro atoms. The van der Waals surface area contributed by atoms with Crippen molar-refractivity contribution < 1.29 is 19.3 Å². The number of aromatic nitrogens is 3. The molecule has 0 amide bonds. The van der Waals surface area contributed by atoms with Gasteiger partial charge in [0.15, 0.2) is 28.8 Å². The highest BCUT2D eigenvalue weighted by atomic mass is 32.1. The Bertz CT molecular complexity index is 1060. The summed E-state index contributed by atoms with van der Waals surface area (Å²) in [5.74, 6) is 2.17. The van der Waals surface area contributed by atoms with Crippen molar-refractivity contribution in [3.63, 3.8) is 0 Å². The Hall–Kier alpha value is -3.33. The molecule has 0 unspecified atom stereocenters. The number of phenolic OH excluding ortho intramolecular Hbond substituents is 1. The zero-order valence-corrected chi connectivity index (χ0v) is 16.5. The van der Waals surface area contributed by atoms with Crippen LogP contribution in [0.4, 0.5) is 0 Å². The summed E-state index contributed by atoms with van der Waals surface area (Å²) in [5.41, 5.74) is 1.49. The molecular formula is C19H20N4O4S. The number of benzene rings is 2. The van der Waals surface area contributed by atoms with Crippen LogP contribution in [0.3, 0.4) is 0 Å². The predicted octanol–water partition coefficient (Wildman–Crippen LogP) is 3.61. The van der Waals surface area contributed by atoms with Crippen LogP contribution < -0.4 is 14.2 Å². The van der Waals surface area contributed by atoms with Crippen LogP contribution in [0.2, 0.25) is 0 Å². The molecule has 0 saturated heterocycles. The van der Waals surface area contributed by atoms with E-state index >= 15 is 0 Å². The number of nitrogens with one attached hydrogen (secondary N) is 1. The summed E-state index contributed by atoms with van der Waals surface area (Å²) < 4.78 is 17.9. The van der Waals surface area contributed by atoms with Gasteiger partial charge in [-0.2, -0.15) is 14.9 Å². The van der Waals surface area contributed by atoms with Crippen LogP contribution in [0.25, 0.3) is 11.4 Å². The fraction of sp³-hybridized carbons (Fsp3) is 0.211. The number of aromatic hydroxyl groups is 1. The largest absolute Gasteiger partial charge is 0.504 e. The molecule has 0 fully saturated rings. The summed E-state index contributed by atoms with van der Waals surface area (Å²) in [6.07, 6.45) is 1.61. The van der Waals surface area contributed by atoms with Crippen molar-refractivity contribution in [2.24, 2.45) is 5.10 Å². The number of phenols is 1. The average Bonchev–Trinajstić information content (AvgIpc) is 3.08. The van der Waals surface area contributed by atoms with E-state index in [0.29, 0.717) is 34.5 Å². The topological polar surface area (TPSA) is 93.9 Å². The molecule has 8 nitrogen and oxygen atoms in total. The molecule has 1 aromatic heterocycles. The molecule has 0 aliphatic rings. The number of hydrogen-bond acceptors (Lipinski definition) is 7. The zero-order valence-electron chi connectivity index (χ0n) is 15.7. The maximum Gasteiger partial charge on any atom is 0.216 e. The number of hydrogen-bond donors (Lipinski definition) is 2. The highest BCUT2D eigenvalue weighted by Crippen LogP contribution is 2.31. The fourth-order valence-electron chi connectivity index (χ4n) is 2.57. The molecule has 2 aromatic carbocycles. The smallest absolute Gasteiger partial charge is 0.216 e. The van der Waals surface area contributed by atoms with Gasteiger partial charge in [-0.25, -0.2) is 5.10 Å². The van der Waals surface area contributed by atoms with Gasteiger partial charge in [-0.1, -0.05) is 0 Å². The molecule has 0 aliphatic heterocycles. The summed E-state index contributed by atoms with van der Waals surface area (Å²) in [7, 11) is 3.14. The second kappa shape index (κ2) is 8.57. The molecule has 2 N–H and O–H groups in total. The van der Waals surface area contributed by atoms with Gasteiger partial charge in [-0.05, 0) is 61.1 Å². The molecule has 3 rings (SSSR count). The second-order valence-corrected chi connectivity index (χ2v) is 6.03. The minimum atomic E-state index is 0.0740. The Balaban J connectivity index is 1.97. The maximum absolute atomic E-state index is 9.82. The van der Waals surface area contributed by atoms with E-state index in [9.17, 15) is 5.11 Å². The van der Waals surface area contributed by atoms with Crippen molar-refractivity contribution in [2.45, 2.75) is 6.92 Å². The van der Waals surface area contributed by atoms with Crippen molar-refractivity contribution in [3.05, 3.63) is 46.7 Å². The van der Waals surface area contributed by atoms with Gasteiger partial charge in [0.05, 0.1) is 27.0 Å². The van der Waals surface area contributed by atoms with Gasteiger partial charge in [0.1, 0.15) is 0 Å². The van der Waals surface area contributed by atoms with E-state index in [-0.39, 0.29) is 5.75 Å². The first-order valence-corrected chi connectivity index (χ1v) is 8.88. The third kappa shape index (κ3) is 3.99. The van der Waals surface area contributed by atoms with E-state index in [1.54, 1.807) is 50.8 Å². The minimum absolute atomic E-state index is 0.0740. The molecule has 28 heavy (non-hydrogen) atoms. The number of aromatic amines is 1. The van der Waals surface area contributed by atoms with Crippen LogP contribution in [0, 0.1) is 4.77 Å². The summed E-state index contributed by atoms with van der Waals surface area (Å²) in [4.78, 5) is 0. The number of nitrogens with zero attached hydrogens (tertiary/aromatic N) is 3. The Morgan fingerprint density at radius 2 is 1.93 bits per heavy atom. The quantitative estimate of drug-likeness (QED) is 0.465. The molecule has 0 aliphatic carbocycles. The fourth-order valence-corrected chi connectivity index (χ4v) is 2.75. The lowest BCUT2D eigenvalue weighted by molar-refractivity contribution is 0.318. The number of H-pyrrole nitrogens is 1. The summed E-state index contributed by atoms with van der Waals surface area (Å²) >= 11 is 5.30. The SMILES string of the molecule is CCOc1cc(/C=N/n2c(-c3ccc(OC)c(OC)c3)n[nH]c2=S)ccc1O. The molecule has 1 heterocycles. The Labute approximate surface area is 167 Å². The lowest BCUT2D eigenvalue weighted by atomic mass is 10.2. The van der Waals surface area contributed by atoms with Gasteiger partial charge < -0.3 is 19.3 Å². The van der Waals surface area contributed by atoms with Gasteiger partial charge in [0, 0.05) is 5.56 Å². The summed E-state index contributed by atoms with van der Waals surface area (Å²) in [5, 5.41) is 21.3. The van der Waals surface area contributed by atoms with Crippen molar-refractivity contribution in [3.8, 4) is 34.4 Å². The Morgan fingerprint density at radius 1 is 1.14 bits per heavy atom. The number of methoxy groups -OCH3 is 2. The van der Waals surface area contributed by atoms with Crippen LogP contribution >= 0.6 is 12.2 Å². The van der Waals surface area contributed by atoms with Crippen LogP contribution in [-0.4, -0.2) is 47.0 Å². The van der Waals surface area contributed by atoms with Crippen molar-refractivity contribution >= 4 is 18.4 Å². The van der Waals surface area contributed by atoms with Crippen LogP contribution in [0.1, 0.15) is 12.5 Å². The van der Waals surface area contributed by atoms with E-state index in [2.05, 4.69) is 15.3 Å². The third-order valence-corrected chi connectivity index (χ3v) is 4.16. The highest BCUT2D eigenvalue weighted by molar-refractivity contribution is 7.71. The van der Waals surface area contributed by atoms with Gasteiger partial charge in [0.2, 0.25) is 4.77 Å². The van der Waals surface area contributed by atoms with E-state index in [4.69, 9.17) is 26.4 Å². The lowest BCUT2D eigenvalue weighted by Gasteiger charge is -2.09. The first kappa shape index (κ1) is 19.4. The second-order valence-electron chi connectivity index (χ2n) is 5.64. The van der Waals surface area contributed by atoms with E-state index in [1.807, 2.05) is 13.0 Å². The minimum Gasteiger partial charge on any atom is -0.504 e. The lowest BCUT2D eigenvalue weighted by Crippen LogP contribution is -1.97. The van der Waals surface area contributed by atoms with Crippen LogP contribution in [0.15, 0.2) is 41.5 Å². The van der Waals surface area contributed by atoms with Gasteiger partial charge in [0.25, 0.3) is 0 Å². The number of ether oxygens (including phenoxy) is 3. The Morgan fingerprint density at radius 3 is 2.64 bits per heavy atom. The average molecular weight is 400 g/mol. The van der Waals surface area contributed by atoms with E-state index in [1.165, 1.54) is 4.68 Å². The molecule has 0 radical (unpaired) electrons. The first-order chi connectivity index (χ1) is 13.6. The molecule has 0 atom stereocenters. The predicted molar refractivity (Wildman–Crippen MR) is 108 cm³/mol. The first-order valence-electron chi connectivity index (χ1n) is 8.47. The highest BCUT2D eigenvalue weighted by Gasteiger charge is 2.12. The van der Waals surface area contributed by atoms with Crippen molar-refractivity contribution in [1.29, 1.82) is 0 Å². The Kier molecular flexibility index (Phi) is 5.95. The molecular weight excluding hydrogens is 380 g/mol. The van der Waals surface area contributed by atoms with E-state index < -0.39 is 0 Å². The zero-order chi connectivity index (χ0) is 20.1. The van der Waals surface area contributed by atoms with Crippen LogP contribution in [-0.2, 0) is 0 Å². The molecule has 3 aromatic rings. The molecule has 0 saturated carbocycles. The summed E-state index contributed by atoms with van der Waals surface area (Å²) in [6, 6.07) is 10.4. The van der Waals surface area contributed by atoms with Gasteiger partial charge in [-0.15, -0.1) is 0 Å². The van der Waals surface area contributed by atoms with E-state index in [0.717, 1.165) is 11.1 Å². The normalized spacial score (nSPS) is 11.0. The van der Waals surface area contributed by atoms with Gasteiger partial charge >= 0.3 is 0 Å². The summed E-state index contributed by atoms with van der Waals surface area (Å²) in [6.45, 7) is 2.30. The van der Waals surface area contributed by atoms with Crippen molar-refractivity contribution in [2.75, 3.05) is 20.8 Å².